The van der Waals surface area contributed by atoms with Crippen LogP contribution in [0, 0.1) is 11.3 Å². The van der Waals surface area contributed by atoms with Crippen LogP contribution in [0.3, 0.4) is 0 Å². The normalized spacial score (nSPS) is 10.9. The monoisotopic (exact) mass is 612 g/mol. The zero-order valence-corrected chi connectivity index (χ0v) is 26.0. The van der Waals surface area contributed by atoms with E-state index < -0.39 is 0 Å². The predicted molar refractivity (Wildman–Crippen MR) is 195 cm³/mol. The second-order valence-electron chi connectivity index (χ2n) is 11.6. The first-order chi connectivity index (χ1) is 23.7. The smallest absolute Gasteiger partial charge is 0.164 e. The SMILES string of the molecule is N#Cc1ccccc1-c1ccc(-c2cc3ccccc3cc2-c2ccc(-c3nc(-c4ccccc4)nc(-c4ccccc4)n3)cc2)cc1. The van der Waals surface area contributed by atoms with Gasteiger partial charge in [-0.1, -0.05) is 152 Å². The van der Waals surface area contributed by atoms with E-state index in [0.717, 1.165) is 50.1 Å². The minimum atomic E-state index is 0.626. The first-order valence-electron chi connectivity index (χ1n) is 15.8. The average Bonchev–Trinajstić information content (AvgIpc) is 3.18. The molecule has 7 aromatic carbocycles. The van der Waals surface area contributed by atoms with Gasteiger partial charge in [-0.2, -0.15) is 5.26 Å². The summed E-state index contributed by atoms with van der Waals surface area (Å²) in [7, 11) is 0. The fourth-order valence-electron chi connectivity index (χ4n) is 6.12. The molecule has 8 rings (SSSR count). The summed E-state index contributed by atoms with van der Waals surface area (Å²) < 4.78 is 0. The van der Waals surface area contributed by atoms with E-state index in [-0.39, 0.29) is 0 Å². The van der Waals surface area contributed by atoms with Crippen LogP contribution in [-0.4, -0.2) is 15.0 Å². The molecule has 0 saturated heterocycles. The molecule has 48 heavy (non-hydrogen) atoms. The van der Waals surface area contributed by atoms with E-state index in [0.29, 0.717) is 23.0 Å². The first kappa shape index (κ1) is 28.8. The van der Waals surface area contributed by atoms with Crippen molar-refractivity contribution >= 4 is 10.8 Å². The number of hydrogen-bond acceptors (Lipinski definition) is 4. The van der Waals surface area contributed by atoms with Gasteiger partial charge in [-0.15, -0.1) is 0 Å². The number of rotatable bonds is 6. The van der Waals surface area contributed by atoms with Gasteiger partial charge >= 0.3 is 0 Å². The Morgan fingerprint density at radius 3 is 1.15 bits per heavy atom. The van der Waals surface area contributed by atoms with Crippen molar-refractivity contribution in [2.75, 3.05) is 0 Å². The standard InChI is InChI=1S/C44H28N4/c45-29-38-17-9-10-18-39(38)30-19-21-31(22-20-30)40-27-36-15-7-8-16-37(36)28-41(40)32-23-25-35(26-24-32)44-47-42(33-11-3-1-4-12-33)46-43(48-44)34-13-5-2-6-14-34/h1-28H. The van der Waals surface area contributed by atoms with Crippen LogP contribution in [-0.2, 0) is 0 Å². The van der Waals surface area contributed by atoms with Gasteiger partial charge in [-0.05, 0) is 62.4 Å². The van der Waals surface area contributed by atoms with Crippen molar-refractivity contribution in [2.45, 2.75) is 0 Å². The van der Waals surface area contributed by atoms with Crippen LogP contribution in [0.25, 0.3) is 78.3 Å². The lowest BCUT2D eigenvalue weighted by molar-refractivity contribution is 1.07. The molecule has 1 aromatic heterocycles. The lowest BCUT2D eigenvalue weighted by Crippen LogP contribution is -2.00. The molecule has 0 radical (unpaired) electrons. The molecule has 0 aliphatic rings. The summed E-state index contributed by atoms with van der Waals surface area (Å²) in [5.41, 5.74) is 9.90. The van der Waals surface area contributed by atoms with E-state index in [9.17, 15) is 5.26 Å². The molecular weight excluding hydrogens is 585 g/mol. The molecular formula is C44H28N4. The lowest BCUT2D eigenvalue weighted by Gasteiger charge is -2.14. The molecule has 0 fully saturated rings. The third-order valence-corrected chi connectivity index (χ3v) is 8.59. The number of hydrogen-bond donors (Lipinski definition) is 0. The van der Waals surface area contributed by atoms with E-state index in [4.69, 9.17) is 15.0 Å². The topological polar surface area (TPSA) is 62.5 Å². The molecule has 4 nitrogen and oxygen atoms in total. The van der Waals surface area contributed by atoms with Gasteiger partial charge in [0.2, 0.25) is 0 Å². The van der Waals surface area contributed by atoms with Crippen LogP contribution in [0.4, 0.5) is 0 Å². The summed E-state index contributed by atoms with van der Waals surface area (Å²) in [6, 6.07) is 60.0. The Hall–Kier alpha value is -6.70. The van der Waals surface area contributed by atoms with E-state index in [1.54, 1.807) is 0 Å². The molecule has 0 unspecified atom stereocenters. The largest absolute Gasteiger partial charge is 0.208 e. The molecule has 0 saturated carbocycles. The van der Waals surface area contributed by atoms with E-state index in [1.165, 1.54) is 10.8 Å². The van der Waals surface area contributed by atoms with Crippen LogP contribution in [0.15, 0.2) is 170 Å². The quantitative estimate of drug-likeness (QED) is 0.187. The van der Waals surface area contributed by atoms with Crippen molar-refractivity contribution in [3.8, 4) is 73.6 Å². The number of nitrogens with zero attached hydrogens (tertiary/aromatic N) is 4. The summed E-state index contributed by atoms with van der Waals surface area (Å²) in [6.45, 7) is 0. The molecule has 224 valence electrons. The fourth-order valence-corrected chi connectivity index (χ4v) is 6.12. The van der Waals surface area contributed by atoms with Crippen LogP contribution in [0.5, 0.6) is 0 Å². The zero-order valence-electron chi connectivity index (χ0n) is 26.0. The Bertz CT molecular complexity index is 2370. The minimum absolute atomic E-state index is 0.626. The van der Waals surface area contributed by atoms with Crippen molar-refractivity contribution < 1.29 is 0 Å². The highest BCUT2D eigenvalue weighted by atomic mass is 15.0. The summed E-state index contributed by atoms with van der Waals surface area (Å²) in [4.78, 5) is 14.7. The van der Waals surface area contributed by atoms with Gasteiger partial charge in [0, 0.05) is 16.7 Å². The van der Waals surface area contributed by atoms with Gasteiger partial charge < -0.3 is 0 Å². The minimum Gasteiger partial charge on any atom is -0.208 e. The second kappa shape index (κ2) is 12.6. The van der Waals surface area contributed by atoms with E-state index in [1.807, 2.05) is 84.9 Å². The Morgan fingerprint density at radius 2 is 0.688 bits per heavy atom. The molecule has 0 bridgehead atoms. The van der Waals surface area contributed by atoms with Crippen LogP contribution in [0.1, 0.15) is 5.56 Å². The van der Waals surface area contributed by atoms with Gasteiger partial charge in [0.1, 0.15) is 0 Å². The highest BCUT2D eigenvalue weighted by Crippen LogP contribution is 2.38. The summed E-state index contributed by atoms with van der Waals surface area (Å²) in [5.74, 6) is 1.91. The predicted octanol–water partition coefficient (Wildman–Crippen LogP) is 10.9. The Labute approximate surface area is 279 Å². The lowest BCUT2D eigenvalue weighted by atomic mass is 9.90. The Morgan fingerprint density at radius 1 is 0.333 bits per heavy atom. The van der Waals surface area contributed by atoms with E-state index in [2.05, 4.69) is 91.0 Å². The van der Waals surface area contributed by atoms with Gasteiger partial charge in [0.25, 0.3) is 0 Å². The molecule has 0 aliphatic heterocycles. The molecule has 0 amide bonds. The third-order valence-electron chi connectivity index (χ3n) is 8.59. The Balaban J connectivity index is 1.21. The number of nitriles is 1. The molecule has 0 atom stereocenters. The molecule has 4 heteroatoms. The van der Waals surface area contributed by atoms with E-state index >= 15 is 0 Å². The summed E-state index contributed by atoms with van der Waals surface area (Å²) in [5, 5.41) is 12.0. The molecule has 0 spiro atoms. The Kier molecular flexibility index (Phi) is 7.54. The second-order valence-corrected chi connectivity index (χ2v) is 11.6. The molecule has 0 aliphatic carbocycles. The highest BCUT2D eigenvalue weighted by Gasteiger charge is 2.15. The molecule has 1 heterocycles. The van der Waals surface area contributed by atoms with Gasteiger partial charge in [-0.3, -0.25) is 0 Å². The van der Waals surface area contributed by atoms with Gasteiger partial charge in [0.05, 0.1) is 11.6 Å². The highest BCUT2D eigenvalue weighted by molar-refractivity contribution is 5.97. The zero-order chi connectivity index (χ0) is 32.3. The average molecular weight is 613 g/mol. The maximum Gasteiger partial charge on any atom is 0.164 e. The molecule has 8 aromatic rings. The summed E-state index contributed by atoms with van der Waals surface area (Å²) in [6.07, 6.45) is 0. The number of fused-ring (bicyclic) bond motifs is 1. The number of benzene rings is 7. The fraction of sp³-hybridized carbons (Fsp3) is 0. The summed E-state index contributed by atoms with van der Waals surface area (Å²) >= 11 is 0. The third kappa shape index (κ3) is 5.62. The maximum absolute atomic E-state index is 9.64. The van der Waals surface area contributed by atoms with Crippen molar-refractivity contribution in [1.82, 2.24) is 15.0 Å². The van der Waals surface area contributed by atoms with Gasteiger partial charge in [0.15, 0.2) is 17.5 Å². The van der Waals surface area contributed by atoms with Crippen LogP contribution >= 0.6 is 0 Å². The van der Waals surface area contributed by atoms with Crippen molar-refractivity contribution in [3.63, 3.8) is 0 Å². The maximum atomic E-state index is 9.64. The van der Waals surface area contributed by atoms with Crippen molar-refractivity contribution in [1.29, 1.82) is 5.26 Å². The van der Waals surface area contributed by atoms with Crippen LogP contribution < -0.4 is 0 Å². The molecule has 0 N–H and O–H groups in total. The first-order valence-corrected chi connectivity index (χ1v) is 15.8. The van der Waals surface area contributed by atoms with Gasteiger partial charge in [-0.25, -0.2) is 15.0 Å². The van der Waals surface area contributed by atoms with Crippen molar-refractivity contribution in [3.05, 3.63) is 175 Å². The van der Waals surface area contributed by atoms with Crippen molar-refractivity contribution in [2.24, 2.45) is 0 Å². The number of aromatic nitrogens is 3. The van der Waals surface area contributed by atoms with Crippen LogP contribution in [0.2, 0.25) is 0 Å².